The summed E-state index contributed by atoms with van der Waals surface area (Å²) in [6.07, 6.45) is 9.72. The molecule has 0 aliphatic heterocycles. The van der Waals surface area contributed by atoms with E-state index in [4.69, 9.17) is 5.73 Å². The van der Waals surface area contributed by atoms with Gasteiger partial charge in [-0.25, -0.2) is 14.5 Å². The van der Waals surface area contributed by atoms with Crippen molar-refractivity contribution < 1.29 is 0 Å². The SMILES string of the molecule is Cc1ccc(Nc2cc(NC3CCC(N)CC3)nn3ccnc23)nc1. The Labute approximate surface area is 146 Å². The number of nitrogens with zero attached hydrogens (tertiary/aromatic N) is 4. The lowest BCUT2D eigenvalue weighted by Gasteiger charge is -2.27. The van der Waals surface area contributed by atoms with Gasteiger partial charge < -0.3 is 16.4 Å². The first kappa shape index (κ1) is 15.8. The van der Waals surface area contributed by atoms with Gasteiger partial charge in [-0.1, -0.05) is 6.07 Å². The van der Waals surface area contributed by atoms with Crippen LogP contribution in [0.4, 0.5) is 17.3 Å². The molecule has 7 nitrogen and oxygen atoms in total. The molecular formula is C18H23N7. The van der Waals surface area contributed by atoms with Crippen LogP contribution in [0.2, 0.25) is 0 Å². The van der Waals surface area contributed by atoms with Gasteiger partial charge in [-0.15, -0.1) is 5.10 Å². The smallest absolute Gasteiger partial charge is 0.177 e. The van der Waals surface area contributed by atoms with Gasteiger partial charge >= 0.3 is 0 Å². The van der Waals surface area contributed by atoms with Gasteiger partial charge in [0.05, 0.1) is 5.69 Å². The summed E-state index contributed by atoms with van der Waals surface area (Å²) < 4.78 is 1.79. The van der Waals surface area contributed by atoms with Crippen LogP contribution in [-0.2, 0) is 0 Å². The highest BCUT2D eigenvalue weighted by molar-refractivity contribution is 5.74. The second kappa shape index (κ2) is 6.68. The van der Waals surface area contributed by atoms with Crippen molar-refractivity contribution in [1.29, 1.82) is 0 Å². The van der Waals surface area contributed by atoms with Gasteiger partial charge in [-0.05, 0) is 44.2 Å². The molecule has 3 aromatic rings. The van der Waals surface area contributed by atoms with Crippen molar-refractivity contribution in [3.05, 3.63) is 42.4 Å². The summed E-state index contributed by atoms with van der Waals surface area (Å²) in [5, 5.41) is 11.5. The van der Waals surface area contributed by atoms with Crippen LogP contribution in [0.1, 0.15) is 31.2 Å². The van der Waals surface area contributed by atoms with Crippen LogP contribution < -0.4 is 16.4 Å². The van der Waals surface area contributed by atoms with E-state index in [1.54, 1.807) is 10.7 Å². The predicted octanol–water partition coefficient (Wildman–Crippen LogP) is 2.86. The fraction of sp³-hybridized carbons (Fsp3) is 0.389. The average Bonchev–Trinajstić information content (AvgIpc) is 3.08. The van der Waals surface area contributed by atoms with Gasteiger partial charge in [0.2, 0.25) is 0 Å². The summed E-state index contributed by atoms with van der Waals surface area (Å²) >= 11 is 0. The number of hydrogen-bond donors (Lipinski definition) is 3. The highest BCUT2D eigenvalue weighted by Gasteiger charge is 2.19. The van der Waals surface area contributed by atoms with Crippen LogP contribution in [0.15, 0.2) is 36.8 Å². The zero-order valence-electron chi connectivity index (χ0n) is 14.3. The molecule has 0 atom stereocenters. The molecule has 3 heterocycles. The van der Waals surface area contributed by atoms with Crippen LogP contribution in [0, 0.1) is 6.92 Å². The molecule has 0 radical (unpaired) electrons. The lowest BCUT2D eigenvalue weighted by Crippen LogP contribution is -2.33. The summed E-state index contributed by atoms with van der Waals surface area (Å²) in [4.78, 5) is 8.81. The molecule has 1 aliphatic rings. The molecule has 4 N–H and O–H groups in total. The maximum absolute atomic E-state index is 6.00. The third-order valence-electron chi connectivity index (χ3n) is 4.66. The molecule has 0 spiro atoms. The molecule has 1 aliphatic carbocycles. The maximum Gasteiger partial charge on any atom is 0.177 e. The van der Waals surface area contributed by atoms with E-state index >= 15 is 0 Å². The van der Waals surface area contributed by atoms with E-state index in [9.17, 15) is 0 Å². The molecule has 130 valence electrons. The highest BCUT2D eigenvalue weighted by Crippen LogP contribution is 2.25. The third kappa shape index (κ3) is 3.56. The second-order valence-electron chi connectivity index (χ2n) is 6.74. The molecule has 0 aromatic carbocycles. The highest BCUT2D eigenvalue weighted by atomic mass is 15.3. The Morgan fingerprint density at radius 1 is 1.12 bits per heavy atom. The van der Waals surface area contributed by atoms with E-state index in [-0.39, 0.29) is 0 Å². The Balaban J connectivity index is 1.59. The fourth-order valence-electron chi connectivity index (χ4n) is 3.23. The number of fused-ring (bicyclic) bond motifs is 1. The summed E-state index contributed by atoms with van der Waals surface area (Å²) in [5.74, 6) is 1.62. The quantitative estimate of drug-likeness (QED) is 0.678. The van der Waals surface area contributed by atoms with Gasteiger partial charge in [0.25, 0.3) is 0 Å². The Hall–Kier alpha value is -2.67. The van der Waals surface area contributed by atoms with Gasteiger partial charge in [-0.3, -0.25) is 0 Å². The largest absolute Gasteiger partial charge is 0.366 e. The zero-order valence-corrected chi connectivity index (χ0v) is 14.3. The van der Waals surface area contributed by atoms with E-state index in [0.717, 1.165) is 54.2 Å². The predicted molar refractivity (Wildman–Crippen MR) is 99.1 cm³/mol. The molecule has 0 amide bonds. The van der Waals surface area contributed by atoms with E-state index in [1.165, 1.54) is 0 Å². The normalized spacial score (nSPS) is 20.6. The van der Waals surface area contributed by atoms with Crippen molar-refractivity contribution in [2.24, 2.45) is 5.73 Å². The van der Waals surface area contributed by atoms with Crippen LogP contribution in [-0.4, -0.2) is 31.7 Å². The summed E-state index contributed by atoms with van der Waals surface area (Å²) in [6.45, 7) is 2.02. The van der Waals surface area contributed by atoms with Crippen molar-refractivity contribution in [2.75, 3.05) is 10.6 Å². The molecule has 1 saturated carbocycles. The van der Waals surface area contributed by atoms with Crippen molar-refractivity contribution in [3.63, 3.8) is 0 Å². The van der Waals surface area contributed by atoms with Crippen molar-refractivity contribution >= 4 is 23.0 Å². The molecule has 0 saturated heterocycles. The minimum absolute atomic E-state index is 0.340. The van der Waals surface area contributed by atoms with Crippen LogP contribution in [0.3, 0.4) is 0 Å². The van der Waals surface area contributed by atoms with Crippen molar-refractivity contribution in [1.82, 2.24) is 19.6 Å². The third-order valence-corrected chi connectivity index (χ3v) is 4.66. The second-order valence-corrected chi connectivity index (χ2v) is 6.74. The number of rotatable bonds is 4. The molecule has 4 rings (SSSR count). The van der Waals surface area contributed by atoms with Gasteiger partial charge in [0.15, 0.2) is 5.65 Å². The lowest BCUT2D eigenvalue weighted by molar-refractivity contribution is 0.410. The first-order valence-electron chi connectivity index (χ1n) is 8.73. The average molecular weight is 337 g/mol. The van der Waals surface area contributed by atoms with Gasteiger partial charge in [-0.2, -0.15) is 0 Å². The van der Waals surface area contributed by atoms with Crippen molar-refractivity contribution in [3.8, 4) is 0 Å². The number of nitrogens with two attached hydrogens (primary N) is 1. The standard InChI is InChI=1S/C18H23N7/c1-12-2-7-16(21-11-12)23-15-10-17(24-25-9-8-20-18(15)25)22-14-5-3-13(19)4-6-14/h2,7-11,13-14H,3-6,19H2,1H3,(H,21,23)(H,22,24). The number of imidazole rings is 1. The molecular weight excluding hydrogens is 314 g/mol. The summed E-state index contributed by atoms with van der Waals surface area (Å²) in [7, 11) is 0. The number of aryl methyl sites for hydroxylation is 1. The topological polar surface area (TPSA) is 93.2 Å². The van der Waals surface area contributed by atoms with Crippen molar-refractivity contribution in [2.45, 2.75) is 44.7 Å². The molecule has 25 heavy (non-hydrogen) atoms. The van der Waals surface area contributed by atoms with Crippen LogP contribution >= 0.6 is 0 Å². The molecule has 7 heteroatoms. The number of pyridine rings is 1. The molecule has 0 bridgehead atoms. The first-order valence-corrected chi connectivity index (χ1v) is 8.73. The Morgan fingerprint density at radius 2 is 1.96 bits per heavy atom. The number of hydrogen-bond acceptors (Lipinski definition) is 6. The monoisotopic (exact) mass is 337 g/mol. The van der Waals surface area contributed by atoms with E-state index in [1.807, 2.05) is 37.5 Å². The minimum Gasteiger partial charge on any atom is -0.366 e. The van der Waals surface area contributed by atoms with Crippen LogP contribution in [0.25, 0.3) is 5.65 Å². The van der Waals surface area contributed by atoms with Gasteiger partial charge in [0, 0.05) is 36.7 Å². The Morgan fingerprint density at radius 3 is 2.72 bits per heavy atom. The van der Waals surface area contributed by atoms with E-state index in [0.29, 0.717) is 12.1 Å². The molecule has 0 unspecified atom stereocenters. The number of nitrogens with one attached hydrogen (secondary N) is 2. The maximum atomic E-state index is 6.00. The Kier molecular flexibility index (Phi) is 4.23. The Bertz CT molecular complexity index is 847. The van der Waals surface area contributed by atoms with Gasteiger partial charge in [0.1, 0.15) is 11.6 Å². The van der Waals surface area contributed by atoms with E-state index in [2.05, 4.69) is 25.7 Å². The lowest BCUT2D eigenvalue weighted by atomic mass is 9.92. The number of aromatic nitrogens is 4. The summed E-state index contributed by atoms with van der Waals surface area (Å²) in [6, 6.07) is 6.75. The minimum atomic E-state index is 0.340. The number of anilines is 3. The van der Waals surface area contributed by atoms with Crippen LogP contribution in [0.5, 0.6) is 0 Å². The summed E-state index contributed by atoms with van der Waals surface area (Å²) in [5.41, 5.74) is 8.78. The fourth-order valence-corrected chi connectivity index (χ4v) is 3.23. The molecule has 1 fully saturated rings. The molecule has 3 aromatic heterocycles. The zero-order chi connectivity index (χ0) is 17.2. The first-order chi connectivity index (χ1) is 12.2. The van der Waals surface area contributed by atoms with E-state index < -0.39 is 0 Å².